The zero-order chi connectivity index (χ0) is 13.0. The summed E-state index contributed by atoms with van der Waals surface area (Å²) in [7, 11) is 0. The molecule has 18 heavy (non-hydrogen) atoms. The summed E-state index contributed by atoms with van der Waals surface area (Å²) in [6, 6.07) is 1.72. The zero-order valence-corrected chi connectivity index (χ0v) is 11.4. The van der Waals surface area contributed by atoms with Gasteiger partial charge < -0.3 is 10.6 Å². The van der Waals surface area contributed by atoms with E-state index in [0.717, 1.165) is 32.4 Å². The summed E-state index contributed by atoms with van der Waals surface area (Å²) in [6.45, 7) is 1.94. The molecule has 2 heterocycles. The fourth-order valence-corrected chi connectivity index (χ4v) is 2.35. The molecule has 2 N–H and O–H groups in total. The molecule has 98 valence electrons. The smallest absolute Gasteiger partial charge is 0.312 e. The van der Waals surface area contributed by atoms with Crippen LogP contribution >= 0.6 is 15.9 Å². The first-order chi connectivity index (χ1) is 8.66. The summed E-state index contributed by atoms with van der Waals surface area (Å²) < 4.78 is 0.613. The van der Waals surface area contributed by atoms with Crippen LogP contribution in [0.1, 0.15) is 19.3 Å². The highest BCUT2D eigenvalue weighted by atomic mass is 79.9. The molecule has 2 rings (SSSR count). The van der Waals surface area contributed by atoms with E-state index < -0.39 is 4.92 Å². The van der Waals surface area contributed by atoms with E-state index in [-0.39, 0.29) is 11.7 Å². The van der Waals surface area contributed by atoms with E-state index in [4.69, 9.17) is 0 Å². The molecular weight excluding hydrogens is 300 g/mol. The highest BCUT2D eigenvalue weighted by molar-refractivity contribution is 9.10. The van der Waals surface area contributed by atoms with Crippen LogP contribution in [0, 0.1) is 10.1 Å². The molecule has 1 aromatic heterocycles. The largest absolute Gasteiger partial charge is 0.362 e. The van der Waals surface area contributed by atoms with E-state index in [1.807, 2.05) is 0 Å². The molecule has 0 spiro atoms. The molecule has 1 aromatic rings. The second kappa shape index (κ2) is 6.10. The Balaban J connectivity index is 2.14. The van der Waals surface area contributed by atoms with Gasteiger partial charge in [0.05, 0.1) is 4.92 Å². The molecule has 0 bridgehead atoms. The second-order valence-electron chi connectivity index (χ2n) is 4.30. The van der Waals surface area contributed by atoms with Gasteiger partial charge in [-0.3, -0.25) is 10.1 Å². The lowest BCUT2D eigenvalue weighted by Gasteiger charge is -2.16. The van der Waals surface area contributed by atoms with Crippen molar-refractivity contribution in [1.29, 1.82) is 0 Å². The highest BCUT2D eigenvalue weighted by Gasteiger charge is 2.19. The Kier molecular flexibility index (Phi) is 4.48. The van der Waals surface area contributed by atoms with Crippen LogP contribution in [-0.2, 0) is 0 Å². The lowest BCUT2D eigenvalue weighted by molar-refractivity contribution is -0.384. The fraction of sp³-hybridized carbons (Fsp3) is 0.545. The normalized spacial score (nSPS) is 20.2. The maximum Gasteiger partial charge on any atom is 0.312 e. The predicted molar refractivity (Wildman–Crippen MR) is 72.7 cm³/mol. The van der Waals surface area contributed by atoms with Crippen molar-refractivity contribution >= 4 is 27.4 Å². The minimum absolute atomic E-state index is 0.0154. The van der Waals surface area contributed by atoms with Gasteiger partial charge >= 0.3 is 5.69 Å². The van der Waals surface area contributed by atoms with Crippen molar-refractivity contribution in [3.63, 3.8) is 0 Å². The van der Waals surface area contributed by atoms with E-state index in [0.29, 0.717) is 10.3 Å². The molecule has 0 radical (unpaired) electrons. The summed E-state index contributed by atoms with van der Waals surface area (Å²) in [5.74, 6) is 0.357. The number of nitrogens with zero attached hydrogens (tertiary/aromatic N) is 2. The third-order valence-corrected chi connectivity index (χ3v) is 3.38. The second-order valence-corrected chi connectivity index (χ2v) is 5.22. The Labute approximate surface area is 113 Å². The van der Waals surface area contributed by atoms with Crippen molar-refractivity contribution in [3.8, 4) is 0 Å². The van der Waals surface area contributed by atoms with Gasteiger partial charge in [0.2, 0.25) is 5.82 Å². The average Bonchev–Trinajstić information content (AvgIpc) is 2.60. The number of rotatable bonds is 3. The molecule has 0 amide bonds. The number of hydrogen-bond acceptors (Lipinski definition) is 5. The van der Waals surface area contributed by atoms with Crippen molar-refractivity contribution in [3.05, 3.63) is 26.9 Å². The summed E-state index contributed by atoms with van der Waals surface area (Å²) >= 11 is 3.20. The standard InChI is InChI=1S/C11H15BrN4O2/c12-8-6-10(16(17)18)11(14-7-8)15-9-2-1-4-13-5-3-9/h6-7,9,13H,1-5H2,(H,14,15). The number of aromatic nitrogens is 1. The molecule has 0 saturated carbocycles. The van der Waals surface area contributed by atoms with Crippen LogP contribution in [0.3, 0.4) is 0 Å². The molecule has 1 aliphatic rings. The Hall–Kier alpha value is -1.21. The fourth-order valence-electron chi connectivity index (χ4n) is 2.04. The van der Waals surface area contributed by atoms with Crippen LogP contribution in [0.15, 0.2) is 16.7 Å². The maximum atomic E-state index is 11.0. The monoisotopic (exact) mass is 314 g/mol. The lowest BCUT2D eigenvalue weighted by Crippen LogP contribution is -2.22. The van der Waals surface area contributed by atoms with Gasteiger partial charge in [-0.05, 0) is 48.3 Å². The predicted octanol–water partition coefficient (Wildman–Crippen LogP) is 2.31. The van der Waals surface area contributed by atoms with Crippen LogP contribution < -0.4 is 10.6 Å². The van der Waals surface area contributed by atoms with Crippen LogP contribution in [0.2, 0.25) is 0 Å². The molecule has 7 heteroatoms. The van der Waals surface area contributed by atoms with Crippen molar-refractivity contribution in [2.45, 2.75) is 25.3 Å². The van der Waals surface area contributed by atoms with Crippen LogP contribution in [0.5, 0.6) is 0 Å². The molecule has 0 aliphatic carbocycles. The van der Waals surface area contributed by atoms with Crippen molar-refractivity contribution < 1.29 is 4.92 Å². The average molecular weight is 315 g/mol. The van der Waals surface area contributed by atoms with Gasteiger partial charge in [0.15, 0.2) is 0 Å². The third kappa shape index (κ3) is 3.39. The van der Waals surface area contributed by atoms with Gasteiger partial charge in [-0.15, -0.1) is 0 Å². The topological polar surface area (TPSA) is 80.1 Å². The number of nitrogens with one attached hydrogen (secondary N) is 2. The first-order valence-electron chi connectivity index (χ1n) is 5.94. The molecule has 1 unspecified atom stereocenters. The van der Waals surface area contributed by atoms with Crippen LogP contribution in [0.25, 0.3) is 0 Å². The summed E-state index contributed by atoms with van der Waals surface area (Å²) in [5.41, 5.74) is 0.0154. The van der Waals surface area contributed by atoms with Gasteiger partial charge in [0, 0.05) is 22.8 Å². The SMILES string of the molecule is O=[N+]([O-])c1cc(Br)cnc1NC1CCCNCC1. The van der Waals surface area contributed by atoms with Gasteiger partial charge in [0.1, 0.15) is 0 Å². The Morgan fingerprint density at radius 1 is 1.50 bits per heavy atom. The number of anilines is 1. The van der Waals surface area contributed by atoms with E-state index in [1.54, 1.807) is 6.20 Å². The van der Waals surface area contributed by atoms with E-state index in [1.165, 1.54) is 6.07 Å². The zero-order valence-electron chi connectivity index (χ0n) is 9.86. The molecule has 0 aromatic carbocycles. The summed E-state index contributed by atoms with van der Waals surface area (Å²) in [4.78, 5) is 14.7. The molecule has 1 saturated heterocycles. The van der Waals surface area contributed by atoms with E-state index in [9.17, 15) is 10.1 Å². The van der Waals surface area contributed by atoms with Gasteiger partial charge in [-0.25, -0.2) is 4.98 Å². The van der Waals surface area contributed by atoms with Crippen LogP contribution in [-0.4, -0.2) is 29.0 Å². The Morgan fingerprint density at radius 3 is 3.11 bits per heavy atom. The third-order valence-electron chi connectivity index (χ3n) is 2.95. The van der Waals surface area contributed by atoms with Gasteiger partial charge in [-0.1, -0.05) is 0 Å². The van der Waals surface area contributed by atoms with Crippen molar-refractivity contribution in [2.24, 2.45) is 0 Å². The van der Waals surface area contributed by atoms with Crippen molar-refractivity contribution in [1.82, 2.24) is 10.3 Å². The van der Waals surface area contributed by atoms with E-state index in [2.05, 4.69) is 31.5 Å². The number of halogens is 1. The Bertz CT molecular complexity index is 433. The summed E-state index contributed by atoms with van der Waals surface area (Å²) in [6.07, 6.45) is 4.60. The summed E-state index contributed by atoms with van der Waals surface area (Å²) in [5, 5.41) is 17.5. The molecule has 6 nitrogen and oxygen atoms in total. The number of pyridine rings is 1. The minimum atomic E-state index is -0.408. The lowest BCUT2D eigenvalue weighted by atomic mass is 10.1. The molecular formula is C11H15BrN4O2. The Morgan fingerprint density at radius 2 is 2.33 bits per heavy atom. The highest BCUT2D eigenvalue weighted by Crippen LogP contribution is 2.26. The van der Waals surface area contributed by atoms with Crippen LogP contribution in [0.4, 0.5) is 11.5 Å². The first-order valence-corrected chi connectivity index (χ1v) is 6.73. The van der Waals surface area contributed by atoms with E-state index >= 15 is 0 Å². The quantitative estimate of drug-likeness (QED) is 0.661. The van der Waals surface area contributed by atoms with Crippen molar-refractivity contribution in [2.75, 3.05) is 18.4 Å². The molecule has 1 aliphatic heterocycles. The minimum Gasteiger partial charge on any atom is -0.362 e. The first kappa shape index (κ1) is 13.2. The number of hydrogen-bond donors (Lipinski definition) is 2. The maximum absolute atomic E-state index is 11.0. The van der Waals surface area contributed by atoms with Gasteiger partial charge in [-0.2, -0.15) is 0 Å². The molecule has 1 atom stereocenters. The number of nitro groups is 1. The molecule has 1 fully saturated rings. The van der Waals surface area contributed by atoms with Gasteiger partial charge in [0.25, 0.3) is 0 Å².